The van der Waals surface area contributed by atoms with Crippen molar-refractivity contribution in [2.75, 3.05) is 7.11 Å². The SMILES string of the molecule is C=IC(F)(F)c1cc2[nH]cc(C#N)c2cc1OC. The lowest BCUT2D eigenvalue weighted by molar-refractivity contribution is 0.123. The zero-order chi connectivity index (χ0) is 13.3. The Hall–Kier alpha value is -1.49. The number of hydrogen-bond donors (Lipinski definition) is 1. The fourth-order valence-corrected chi connectivity index (χ4v) is 2.54. The van der Waals surface area contributed by atoms with Gasteiger partial charge in [-0.3, -0.25) is 0 Å². The van der Waals surface area contributed by atoms with Crippen molar-refractivity contribution in [3.63, 3.8) is 0 Å². The molecule has 0 aliphatic carbocycles. The smallest absolute Gasteiger partial charge is 0.319 e. The predicted octanol–water partition coefficient (Wildman–Crippen LogP) is 3.50. The Morgan fingerprint density at radius 2 is 2.22 bits per heavy atom. The van der Waals surface area contributed by atoms with Crippen molar-refractivity contribution in [2.24, 2.45) is 0 Å². The van der Waals surface area contributed by atoms with E-state index >= 15 is 0 Å². The van der Waals surface area contributed by atoms with Crippen LogP contribution < -0.4 is 4.74 Å². The Bertz CT molecular complexity index is 658. The van der Waals surface area contributed by atoms with Crippen LogP contribution in [0.3, 0.4) is 0 Å². The molecule has 0 spiro atoms. The van der Waals surface area contributed by atoms with Gasteiger partial charge in [-0.15, -0.1) is 0 Å². The van der Waals surface area contributed by atoms with Crippen molar-refractivity contribution in [1.29, 1.82) is 5.26 Å². The van der Waals surface area contributed by atoms with Gasteiger partial charge in [0.05, 0.1) is 18.2 Å². The summed E-state index contributed by atoms with van der Waals surface area (Å²) >= 11 is -1.54. The third kappa shape index (κ3) is 1.99. The highest BCUT2D eigenvalue weighted by Crippen LogP contribution is 2.44. The molecule has 1 N–H and O–H groups in total. The zero-order valence-electron chi connectivity index (χ0n) is 9.43. The number of hydrogen-bond acceptors (Lipinski definition) is 2. The van der Waals surface area contributed by atoms with Crippen LogP contribution in [-0.4, -0.2) is 16.6 Å². The van der Waals surface area contributed by atoms with Gasteiger partial charge in [-0.2, -0.15) is 14.0 Å². The number of methoxy groups -OCH3 is 1. The molecular formula is C12H9F2IN2O. The molecule has 2 aromatic rings. The third-order valence-electron chi connectivity index (χ3n) is 2.60. The number of nitriles is 1. The molecule has 0 bridgehead atoms. The number of nitrogens with one attached hydrogen (secondary N) is 1. The molecule has 1 aromatic carbocycles. The summed E-state index contributed by atoms with van der Waals surface area (Å²) in [4.78, 5) is 2.81. The Labute approximate surface area is 112 Å². The largest absolute Gasteiger partial charge is 0.496 e. The first-order valence-corrected chi connectivity index (χ1v) is 7.51. The normalized spacial score (nSPS) is 11.4. The molecule has 0 saturated heterocycles. The van der Waals surface area contributed by atoms with Gasteiger partial charge in [0.2, 0.25) is 0 Å². The van der Waals surface area contributed by atoms with Crippen molar-refractivity contribution in [2.45, 2.75) is 3.93 Å². The van der Waals surface area contributed by atoms with Crippen molar-refractivity contribution in [3.05, 3.63) is 29.5 Å². The van der Waals surface area contributed by atoms with Gasteiger partial charge < -0.3 is 9.72 Å². The molecule has 0 fully saturated rings. The van der Waals surface area contributed by atoms with Crippen molar-refractivity contribution >= 4 is 36.1 Å². The lowest BCUT2D eigenvalue weighted by Gasteiger charge is -2.15. The Balaban J connectivity index is 2.76. The molecule has 0 unspecified atom stereocenters. The van der Waals surface area contributed by atoms with E-state index in [9.17, 15) is 8.78 Å². The number of rotatable bonds is 3. The summed E-state index contributed by atoms with van der Waals surface area (Å²) in [6.45, 7) is 0. The second-order valence-electron chi connectivity index (χ2n) is 3.54. The lowest BCUT2D eigenvalue weighted by Crippen LogP contribution is -2.06. The number of H-pyrrole nitrogens is 1. The Morgan fingerprint density at radius 1 is 1.50 bits per heavy atom. The maximum atomic E-state index is 13.8. The van der Waals surface area contributed by atoms with Crippen LogP contribution in [0, 0.1) is 11.3 Å². The van der Waals surface area contributed by atoms with Gasteiger partial charge in [0.1, 0.15) is 11.8 Å². The molecule has 1 aromatic heterocycles. The average Bonchev–Trinajstić information content (AvgIpc) is 2.79. The molecule has 3 nitrogen and oxygen atoms in total. The van der Waals surface area contributed by atoms with E-state index in [-0.39, 0.29) is 11.3 Å². The number of alkyl halides is 3. The number of ether oxygens (including phenoxy) is 1. The maximum absolute atomic E-state index is 13.8. The fraction of sp³-hybridized carbons (Fsp3) is 0.167. The molecule has 0 aliphatic heterocycles. The summed E-state index contributed by atoms with van der Waals surface area (Å²) in [6.07, 6.45) is 1.49. The maximum Gasteiger partial charge on any atom is 0.319 e. The van der Waals surface area contributed by atoms with E-state index < -0.39 is 24.7 Å². The van der Waals surface area contributed by atoms with Gasteiger partial charge in [0.15, 0.2) is 0 Å². The Kier molecular flexibility index (Phi) is 3.34. The van der Waals surface area contributed by atoms with Crippen LogP contribution in [0.4, 0.5) is 8.78 Å². The number of aromatic amines is 1. The summed E-state index contributed by atoms with van der Waals surface area (Å²) < 4.78 is 33.0. The topological polar surface area (TPSA) is 48.8 Å². The first-order valence-electron chi connectivity index (χ1n) is 4.90. The minimum atomic E-state index is -2.95. The quantitative estimate of drug-likeness (QED) is 0.671. The first kappa shape index (κ1) is 13.0. The van der Waals surface area contributed by atoms with Crippen molar-refractivity contribution in [3.8, 4) is 11.8 Å². The Morgan fingerprint density at radius 3 is 2.78 bits per heavy atom. The average molecular weight is 362 g/mol. The second kappa shape index (κ2) is 4.65. The molecule has 0 atom stereocenters. The van der Waals surface area contributed by atoms with Crippen LogP contribution in [-0.2, 0) is 3.93 Å². The van der Waals surface area contributed by atoms with E-state index in [2.05, 4.69) is 9.50 Å². The van der Waals surface area contributed by atoms with E-state index in [4.69, 9.17) is 10.00 Å². The van der Waals surface area contributed by atoms with E-state index in [1.54, 1.807) is 0 Å². The zero-order valence-corrected chi connectivity index (χ0v) is 11.6. The number of nitrogens with zero attached hydrogens (tertiary/aromatic N) is 1. The molecule has 0 amide bonds. The van der Waals surface area contributed by atoms with E-state index in [0.29, 0.717) is 16.5 Å². The standard InChI is InChI=1S/C12H9F2IN2O/c1-15-12(13,14)9-4-10-8(3-11(9)18-2)7(5-16)6-17-10/h3-4,6,17H,1H2,2H3. The molecule has 1 heterocycles. The number of aromatic nitrogens is 1. The van der Waals surface area contributed by atoms with Gasteiger partial charge in [-0.1, -0.05) is 4.51 Å². The monoisotopic (exact) mass is 362 g/mol. The van der Waals surface area contributed by atoms with Crippen LogP contribution >= 0.6 is 20.7 Å². The number of halogens is 3. The lowest BCUT2D eigenvalue weighted by atomic mass is 10.1. The third-order valence-corrected chi connectivity index (χ3v) is 4.13. The molecule has 0 saturated carbocycles. The predicted molar refractivity (Wildman–Crippen MR) is 74.6 cm³/mol. The minimum Gasteiger partial charge on any atom is -0.496 e. The van der Waals surface area contributed by atoms with Crippen LogP contribution in [0.5, 0.6) is 5.75 Å². The highest BCUT2D eigenvalue weighted by atomic mass is 127. The fourth-order valence-electron chi connectivity index (χ4n) is 1.70. The van der Waals surface area contributed by atoms with Gasteiger partial charge >= 0.3 is 3.93 Å². The summed E-state index contributed by atoms with van der Waals surface area (Å²) in [5, 5.41) is 9.48. The van der Waals surface area contributed by atoms with Gasteiger partial charge in [-0.05, 0) is 32.9 Å². The molecule has 2 rings (SSSR count). The van der Waals surface area contributed by atoms with E-state index in [1.807, 2.05) is 6.07 Å². The molecular weight excluding hydrogens is 353 g/mol. The molecule has 0 radical (unpaired) electrons. The van der Waals surface area contributed by atoms with Crippen molar-refractivity contribution < 1.29 is 13.5 Å². The highest BCUT2D eigenvalue weighted by Gasteiger charge is 2.32. The van der Waals surface area contributed by atoms with Gasteiger partial charge in [-0.25, -0.2) is 0 Å². The van der Waals surface area contributed by atoms with E-state index in [0.717, 1.165) is 0 Å². The summed E-state index contributed by atoms with van der Waals surface area (Å²) in [7, 11) is 1.33. The minimum absolute atomic E-state index is 0.0898. The highest BCUT2D eigenvalue weighted by molar-refractivity contribution is 14.2. The van der Waals surface area contributed by atoms with Crippen LogP contribution in [0.15, 0.2) is 18.3 Å². The van der Waals surface area contributed by atoms with Crippen LogP contribution in [0.2, 0.25) is 0 Å². The molecule has 18 heavy (non-hydrogen) atoms. The second-order valence-corrected chi connectivity index (χ2v) is 5.66. The number of fused-ring (bicyclic) bond motifs is 1. The van der Waals surface area contributed by atoms with Gasteiger partial charge in [0, 0.05) is 17.1 Å². The number of benzene rings is 1. The van der Waals surface area contributed by atoms with Gasteiger partial charge in [0.25, 0.3) is 0 Å². The summed E-state index contributed by atoms with van der Waals surface area (Å²) in [5.41, 5.74) is 0.730. The summed E-state index contributed by atoms with van der Waals surface area (Å²) in [5.74, 6) is 0.0898. The van der Waals surface area contributed by atoms with Crippen LogP contribution in [0.1, 0.15) is 11.1 Å². The summed E-state index contributed by atoms with van der Waals surface area (Å²) in [6, 6.07) is 4.79. The van der Waals surface area contributed by atoms with Crippen LogP contribution in [0.25, 0.3) is 10.9 Å². The van der Waals surface area contributed by atoms with Crippen molar-refractivity contribution in [1.82, 2.24) is 4.98 Å². The molecule has 94 valence electrons. The molecule has 6 heteroatoms. The first-order chi connectivity index (χ1) is 8.53. The molecule has 0 aliphatic rings. The van der Waals surface area contributed by atoms with E-state index in [1.165, 1.54) is 25.4 Å².